The van der Waals surface area contributed by atoms with Crippen molar-refractivity contribution in [2.24, 2.45) is 0 Å². The zero-order valence-electron chi connectivity index (χ0n) is 15.0. The molecule has 23 heavy (non-hydrogen) atoms. The Morgan fingerprint density at radius 2 is 1.78 bits per heavy atom. The van der Waals surface area contributed by atoms with E-state index in [0.717, 1.165) is 0 Å². The average molecular weight is 343 g/mol. The molecule has 5 nitrogen and oxygen atoms in total. The summed E-state index contributed by atoms with van der Waals surface area (Å²) in [6, 6.07) is 1.43. The highest BCUT2D eigenvalue weighted by Crippen LogP contribution is 2.38. The lowest BCUT2D eigenvalue weighted by Crippen LogP contribution is -2.44. The molecule has 0 unspecified atom stereocenters. The van der Waals surface area contributed by atoms with E-state index in [1.165, 1.54) is 12.3 Å². The number of halogens is 1. The van der Waals surface area contributed by atoms with Gasteiger partial charge in [0.15, 0.2) is 14.1 Å². The number of rotatable bonds is 6. The minimum absolute atomic E-state index is 0.0966. The Morgan fingerprint density at radius 3 is 2.26 bits per heavy atom. The van der Waals surface area contributed by atoms with Gasteiger partial charge in [-0.25, -0.2) is 4.98 Å². The Balaban J connectivity index is 2.96. The fourth-order valence-electron chi connectivity index (χ4n) is 1.65. The molecule has 1 rings (SSSR count). The van der Waals surface area contributed by atoms with Crippen LogP contribution < -0.4 is 4.65 Å². The molecule has 0 atom stereocenters. The van der Waals surface area contributed by atoms with Gasteiger partial charge in [0.25, 0.3) is 5.95 Å². The van der Waals surface area contributed by atoms with Gasteiger partial charge in [-0.2, -0.15) is 4.39 Å². The molecular formula is C15H27BFNO4Si. The first-order chi connectivity index (χ1) is 10.3. The fraction of sp³-hybridized carbons (Fsp3) is 0.667. The highest BCUT2D eigenvalue weighted by Gasteiger charge is 2.39. The van der Waals surface area contributed by atoms with E-state index in [1.807, 2.05) is 13.8 Å². The Kier molecular flexibility index (Phi) is 6.01. The number of hydrogen-bond donors (Lipinski definition) is 2. The first-order valence-electron chi connectivity index (χ1n) is 7.59. The minimum atomic E-state index is -2.09. The van der Waals surface area contributed by atoms with Crippen molar-refractivity contribution in [1.82, 2.24) is 4.98 Å². The lowest BCUT2D eigenvalue weighted by atomic mass is 9.87. The lowest BCUT2D eigenvalue weighted by molar-refractivity contribution is 0.219. The molecule has 1 heterocycles. The molecule has 0 radical (unpaired) electrons. The second-order valence-corrected chi connectivity index (χ2v) is 12.7. The molecule has 0 bridgehead atoms. The van der Waals surface area contributed by atoms with Crippen molar-refractivity contribution in [3.8, 4) is 5.75 Å². The summed E-state index contributed by atoms with van der Waals surface area (Å²) < 4.78 is 24.4. The second-order valence-electron chi connectivity index (χ2n) is 7.89. The molecule has 0 aliphatic carbocycles. The molecule has 1 aromatic heterocycles. The second kappa shape index (κ2) is 6.88. The summed E-state index contributed by atoms with van der Waals surface area (Å²) in [5, 5.41) is 17.8. The quantitative estimate of drug-likeness (QED) is 0.614. The highest BCUT2D eigenvalue weighted by molar-refractivity contribution is 6.74. The van der Waals surface area contributed by atoms with Gasteiger partial charge in [0, 0.05) is 18.2 Å². The maximum atomic E-state index is 13.6. The Hall–Kier alpha value is -0.958. The van der Waals surface area contributed by atoms with Crippen LogP contribution in [0.4, 0.5) is 4.39 Å². The monoisotopic (exact) mass is 343 g/mol. The van der Waals surface area contributed by atoms with Gasteiger partial charge in [-0.15, -0.1) is 0 Å². The number of aromatic nitrogens is 1. The van der Waals surface area contributed by atoms with Crippen molar-refractivity contribution >= 4 is 15.6 Å². The van der Waals surface area contributed by atoms with Crippen molar-refractivity contribution in [3.63, 3.8) is 0 Å². The van der Waals surface area contributed by atoms with Crippen molar-refractivity contribution < 1.29 is 23.5 Å². The van der Waals surface area contributed by atoms with E-state index in [9.17, 15) is 4.39 Å². The molecule has 2 N–H and O–H groups in total. The zero-order chi connectivity index (χ0) is 18.1. The molecule has 0 aliphatic rings. The molecule has 0 fully saturated rings. The van der Waals surface area contributed by atoms with Crippen LogP contribution in [0.5, 0.6) is 5.75 Å². The predicted molar refractivity (Wildman–Crippen MR) is 91.2 cm³/mol. The summed E-state index contributed by atoms with van der Waals surface area (Å²) in [4.78, 5) is 3.63. The smallest absolute Gasteiger partial charge is 0.508 e. The van der Waals surface area contributed by atoms with E-state index in [0.29, 0.717) is 12.2 Å². The molecule has 0 spiro atoms. The van der Waals surface area contributed by atoms with E-state index in [-0.39, 0.29) is 10.8 Å². The summed E-state index contributed by atoms with van der Waals surface area (Å²) in [7, 11) is -3.99. The first-order valence-corrected chi connectivity index (χ1v) is 10.5. The number of pyridine rings is 1. The topological polar surface area (TPSA) is 71.8 Å². The average Bonchev–Trinajstić information content (AvgIpc) is 2.37. The van der Waals surface area contributed by atoms with Gasteiger partial charge in [-0.05, 0) is 29.8 Å². The largest absolute Gasteiger partial charge is 0.707 e. The lowest BCUT2D eigenvalue weighted by Gasteiger charge is -2.39. The third kappa shape index (κ3) is 5.27. The van der Waals surface area contributed by atoms with Crippen LogP contribution >= 0.6 is 0 Å². The van der Waals surface area contributed by atoms with E-state index < -0.39 is 27.0 Å². The fourth-order valence-corrected chi connectivity index (χ4v) is 2.81. The highest BCUT2D eigenvalue weighted by atomic mass is 28.4. The molecule has 1 aromatic rings. The van der Waals surface area contributed by atoms with E-state index in [1.54, 1.807) is 0 Å². The van der Waals surface area contributed by atoms with Crippen molar-refractivity contribution in [3.05, 3.63) is 23.8 Å². The first kappa shape index (κ1) is 20.1. The van der Waals surface area contributed by atoms with Crippen molar-refractivity contribution in [2.45, 2.75) is 58.2 Å². The SMILES string of the molecule is CC(C)(CO[Si](C)(C)C(C)(C)C)c1cnc(F)c(OB(O)O)c1. The molecule has 130 valence electrons. The molecule has 0 aliphatic heterocycles. The van der Waals surface area contributed by atoms with Crippen LogP contribution in [0.15, 0.2) is 12.3 Å². The summed E-state index contributed by atoms with van der Waals surface area (Å²) in [6.07, 6.45) is 1.42. The van der Waals surface area contributed by atoms with Gasteiger partial charge in [0.1, 0.15) is 0 Å². The molecule has 0 saturated carbocycles. The molecule has 8 heteroatoms. The normalized spacial score (nSPS) is 13.1. The molecule has 0 aromatic carbocycles. The van der Waals surface area contributed by atoms with Crippen LogP contribution in [0.3, 0.4) is 0 Å². The van der Waals surface area contributed by atoms with E-state index in [4.69, 9.17) is 14.5 Å². The summed E-state index contributed by atoms with van der Waals surface area (Å²) in [6.45, 7) is 15.2. The molecular weight excluding hydrogens is 316 g/mol. The Labute approximate surface area is 139 Å². The van der Waals surface area contributed by atoms with Crippen LogP contribution in [-0.4, -0.2) is 37.3 Å². The standard InChI is InChI=1S/C15H27BFNO4Si/c1-14(2,3)23(6,7)21-10-15(4,5)11-8-12(22-16(19)20)13(17)18-9-11/h8-9,19-20H,10H2,1-7H3. The van der Waals surface area contributed by atoms with Crippen molar-refractivity contribution in [1.29, 1.82) is 0 Å². The third-order valence-electron chi connectivity index (χ3n) is 4.42. The van der Waals surface area contributed by atoms with E-state index >= 15 is 0 Å². The van der Waals surface area contributed by atoms with Crippen LogP contribution in [0.1, 0.15) is 40.2 Å². The third-order valence-corrected chi connectivity index (χ3v) is 8.90. The van der Waals surface area contributed by atoms with Crippen LogP contribution in [0.2, 0.25) is 18.1 Å². The maximum absolute atomic E-state index is 13.6. The minimum Gasteiger partial charge on any atom is -0.508 e. The number of hydrogen-bond acceptors (Lipinski definition) is 5. The summed E-state index contributed by atoms with van der Waals surface area (Å²) >= 11 is 0. The van der Waals surface area contributed by atoms with Gasteiger partial charge < -0.3 is 19.1 Å². The van der Waals surface area contributed by atoms with Gasteiger partial charge in [0.05, 0.1) is 0 Å². The van der Waals surface area contributed by atoms with Gasteiger partial charge in [0.2, 0.25) is 0 Å². The summed E-state index contributed by atoms with van der Waals surface area (Å²) in [5.74, 6) is -1.18. The predicted octanol–water partition coefficient (Wildman–Crippen LogP) is 2.87. The van der Waals surface area contributed by atoms with Gasteiger partial charge >= 0.3 is 7.32 Å². The maximum Gasteiger partial charge on any atom is 0.707 e. The van der Waals surface area contributed by atoms with Crippen LogP contribution in [-0.2, 0) is 9.84 Å². The summed E-state index contributed by atoms with van der Waals surface area (Å²) in [5.41, 5.74) is 0.280. The molecule has 0 saturated heterocycles. The van der Waals surface area contributed by atoms with Crippen LogP contribution in [0, 0.1) is 5.95 Å². The van der Waals surface area contributed by atoms with Gasteiger partial charge in [-0.3, -0.25) is 0 Å². The van der Waals surface area contributed by atoms with E-state index in [2.05, 4.69) is 43.5 Å². The van der Waals surface area contributed by atoms with Gasteiger partial charge in [-0.1, -0.05) is 34.6 Å². The van der Waals surface area contributed by atoms with Crippen LogP contribution in [0.25, 0.3) is 0 Å². The Morgan fingerprint density at radius 1 is 1.22 bits per heavy atom. The zero-order valence-corrected chi connectivity index (χ0v) is 16.0. The van der Waals surface area contributed by atoms with Crippen molar-refractivity contribution in [2.75, 3.05) is 6.61 Å². The Bertz CT molecular complexity index is 547. The number of nitrogens with zero attached hydrogens (tertiary/aromatic N) is 1. The molecule has 0 amide bonds.